The van der Waals surface area contributed by atoms with E-state index >= 15 is 0 Å². The number of pyridine rings is 1. The fourth-order valence-corrected chi connectivity index (χ4v) is 2.90. The van der Waals surface area contributed by atoms with Crippen LogP contribution in [0.15, 0.2) is 48.8 Å². The third-order valence-electron chi connectivity index (χ3n) is 4.20. The quantitative estimate of drug-likeness (QED) is 0.642. The lowest BCUT2D eigenvalue weighted by Crippen LogP contribution is -2.28. The molecule has 1 unspecified atom stereocenters. The minimum absolute atomic E-state index is 0.0244. The van der Waals surface area contributed by atoms with Gasteiger partial charge in [0.2, 0.25) is 5.91 Å². The first-order valence-corrected chi connectivity index (χ1v) is 8.76. The molecule has 0 bridgehead atoms. The van der Waals surface area contributed by atoms with Gasteiger partial charge in [0, 0.05) is 42.8 Å². The molecule has 2 heterocycles. The van der Waals surface area contributed by atoms with Gasteiger partial charge >= 0.3 is 6.03 Å². The number of anilines is 2. The monoisotopic (exact) mass is 353 g/mol. The number of hydrogen-bond donors (Lipinski definition) is 4. The van der Waals surface area contributed by atoms with E-state index in [2.05, 4.69) is 26.3 Å². The van der Waals surface area contributed by atoms with E-state index in [-0.39, 0.29) is 18.0 Å². The second-order valence-corrected chi connectivity index (χ2v) is 6.29. The first kappa shape index (κ1) is 17.9. The number of urea groups is 1. The first-order chi connectivity index (χ1) is 12.7. The van der Waals surface area contributed by atoms with E-state index in [1.165, 1.54) is 0 Å². The van der Waals surface area contributed by atoms with E-state index < -0.39 is 0 Å². The second-order valence-electron chi connectivity index (χ2n) is 6.29. The molecular weight excluding hydrogens is 330 g/mol. The highest BCUT2D eigenvalue weighted by Crippen LogP contribution is 2.16. The lowest BCUT2D eigenvalue weighted by Gasteiger charge is -2.12. The van der Waals surface area contributed by atoms with Gasteiger partial charge in [0.25, 0.3) is 0 Å². The van der Waals surface area contributed by atoms with Crippen LogP contribution < -0.4 is 21.3 Å². The van der Waals surface area contributed by atoms with Gasteiger partial charge in [-0.15, -0.1) is 0 Å². The van der Waals surface area contributed by atoms with Crippen molar-refractivity contribution in [3.63, 3.8) is 0 Å². The minimum atomic E-state index is -0.305. The summed E-state index contributed by atoms with van der Waals surface area (Å²) in [6.45, 7) is 1.39. The molecule has 0 radical (unpaired) electrons. The standard InChI is InChI=1S/C19H23N5O2/c25-18(12-15-5-2-8-21-15)23-16-3-1-4-17(11-16)24-19(26)22-13-14-6-9-20-10-7-14/h1,3-4,6-7,9-11,15,21H,2,5,8,12-13H2,(H,23,25)(H2,22,24,26). The maximum Gasteiger partial charge on any atom is 0.319 e. The van der Waals surface area contributed by atoms with Crippen molar-refractivity contribution in [1.82, 2.24) is 15.6 Å². The van der Waals surface area contributed by atoms with Crippen LogP contribution in [0.25, 0.3) is 0 Å². The Kier molecular flexibility index (Phi) is 6.16. The Morgan fingerprint density at radius 3 is 2.62 bits per heavy atom. The number of hydrogen-bond acceptors (Lipinski definition) is 4. The Bertz CT molecular complexity index is 745. The van der Waals surface area contributed by atoms with Gasteiger partial charge in [-0.25, -0.2) is 4.79 Å². The highest BCUT2D eigenvalue weighted by atomic mass is 16.2. The molecule has 3 amide bonds. The van der Waals surface area contributed by atoms with Crippen LogP contribution in [0.4, 0.5) is 16.2 Å². The minimum Gasteiger partial charge on any atom is -0.334 e. The summed E-state index contributed by atoms with van der Waals surface area (Å²) in [5, 5.41) is 11.7. The topological polar surface area (TPSA) is 95.2 Å². The molecule has 0 saturated carbocycles. The molecule has 1 aromatic heterocycles. The van der Waals surface area contributed by atoms with E-state index in [4.69, 9.17) is 0 Å². The van der Waals surface area contributed by atoms with Gasteiger partial charge in [0.05, 0.1) is 0 Å². The average molecular weight is 353 g/mol. The number of rotatable bonds is 6. The summed E-state index contributed by atoms with van der Waals surface area (Å²) in [5.41, 5.74) is 2.26. The van der Waals surface area contributed by atoms with Crippen LogP contribution in [0.1, 0.15) is 24.8 Å². The molecule has 7 heteroatoms. The zero-order chi connectivity index (χ0) is 18.2. The highest BCUT2D eigenvalue weighted by molar-refractivity contribution is 5.93. The summed E-state index contributed by atoms with van der Waals surface area (Å²) in [7, 11) is 0. The maximum absolute atomic E-state index is 12.1. The van der Waals surface area contributed by atoms with Gasteiger partial charge in [-0.3, -0.25) is 9.78 Å². The SMILES string of the molecule is O=C(CC1CCCN1)Nc1cccc(NC(=O)NCc2ccncc2)c1. The van der Waals surface area contributed by atoms with Crippen LogP contribution in [0.2, 0.25) is 0 Å². The number of nitrogens with one attached hydrogen (secondary N) is 4. The van der Waals surface area contributed by atoms with Crippen LogP contribution in [0, 0.1) is 0 Å². The summed E-state index contributed by atoms with van der Waals surface area (Å²) in [6, 6.07) is 10.8. The van der Waals surface area contributed by atoms with E-state index in [1.807, 2.05) is 12.1 Å². The fraction of sp³-hybridized carbons (Fsp3) is 0.316. The molecule has 2 aromatic rings. The fourth-order valence-electron chi connectivity index (χ4n) is 2.90. The summed E-state index contributed by atoms with van der Waals surface area (Å²) >= 11 is 0. The third-order valence-corrected chi connectivity index (χ3v) is 4.20. The molecule has 136 valence electrons. The van der Waals surface area contributed by atoms with Crippen molar-refractivity contribution in [1.29, 1.82) is 0 Å². The predicted octanol–water partition coefficient (Wildman–Crippen LogP) is 2.48. The highest BCUT2D eigenvalue weighted by Gasteiger charge is 2.17. The number of benzene rings is 1. The van der Waals surface area contributed by atoms with Gasteiger partial charge in [-0.1, -0.05) is 6.07 Å². The molecule has 7 nitrogen and oxygen atoms in total. The van der Waals surface area contributed by atoms with E-state index in [1.54, 1.807) is 36.7 Å². The van der Waals surface area contributed by atoms with Crippen molar-refractivity contribution >= 4 is 23.3 Å². The lowest BCUT2D eigenvalue weighted by molar-refractivity contribution is -0.116. The van der Waals surface area contributed by atoms with E-state index in [9.17, 15) is 9.59 Å². The van der Waals surface area contributed by atoms with Gasteiger partial charge in [-0.05, 0) is 55.3 Å². The Hall–Kier alpha value is -2.93. The second kappa shape index (κ2) is 8.96. The number of aromatic nitrogens is 1. The van der Waals surface area contributed by atoms with Crippen molar-refractivity contribution in [3.8, 4) is 0 Å². The molecule has 4 N–H and O–H groups in total. The lowest BCUT2D eigenvalue weighted by atomic mass is 10.1. The van der Waals surface area contributed by atoms with Gasteiger partial charge in [0.1, 0.15) is 0 Å². The van der Waals surface area contributed by atoms with Crippen LogP contribution in [-0.2, 0) is 11.3 Å². The normalized spacial score (nSPS) is 16.1. The van der Waals surface area contributed by atoms with Crippen LogP contribution in [-0.4, -0.2) is 29.5 Å². The Morgan fingerprint density at radius 2 is 1.88 bits per heavy atom. The van der Waals surface area contributed by atoms with Crippen molar-refractivity contribution in [2.75, 3.05) is 17.2 Å². The summed E-state index contributed by atoms with van der Waals surface area (Å²) in [5.74, 6) is -0.0244. The van der Waals surface area contributed by atoms with E-state index in [0.717, 1.165) is 24.9 Å². The molecule has 0 spiro atoms. The zero-order valence-electron chi connectivity index (χ0n) is 14.5. The molecule has 1 aromatic carbocycles. The third kappa shape index (κ3) is 5.56. The van der Waals surface area contributed by atoms with E-state index in [0.29, 0.717) is 24.3 Å². The maximum atomic E-state index is 12.1. The molecule has 3 rings (SSSR count). The molecular formula is C19H23N5O2. The van der Waals surface area contributed by atoms with Crippen LogP contribution in [0.3, 0.4) is 0 Å². The Balaban J connectivity index is 1.48. The van der Waals surface area contributed by atoms with Gasteiger partial charge in [0.15, 0.2) is 0 Å². The Labute approximate surface area is 152 Å². The molecule has 1 aliphatic heterocycles. The number of carbonyl (C=O) groups is 2. The van der Waals surface area contributed by atoms with Crippen LogP contribution >= 0.6 is 0 Å². The first-order valence-electron chi connectivity index (χ1n) is 8.76. The van der Waals surface area contributed by atoms with Crippen LogP contribution in [0.5, 0.6) is 0 Å². The smallest absolute Gasteiger partial charge is 0.319 e. The van der Waals surface area contributed by atoms with Crippen molar-refractivity contribution < 1.29 is 9.59 Å². The number of amides is 3. The van der Waals surface area contributed by atoms with Gasteiger partial charge in [-0.2, -0.15) is 0 Å². The van der Waals surface area contributed by atoms with Gasteiger partial charge < -0.3 is 21.3 Å². The molecule has 1 fully saturated rings. The number of nitrogens with zero attached hydrogens (tertiary/aromatic N) is 1. The summed E-state index contributed by atoms with van der Waals surface area (Å²) < 4.78 is 0. The zero-order valence-corrected chi connectivity index (χ0v) is 14.5. The van der Waals surface area contributed by atoms with Crippen molar-refractivity contribution in [2.45, 2.75) is 31.8 Å². The molecule has 1 aliphatic rings. The number of carbonyl (C=O) groups excluding carboxylic acids is 2. The predicted molar refractivity (Wildman–Crippen MR) is 101 cm³/mol. The average Bonchev–Trinajstić information content (AvgIpc) is 3.14. The molecule has 0 aliphatic carbocycles. The summed E-state index contributed by atoms with van der Waals surface area (Å²) in [4.78, 5) is 28.1. The molecule has 1 saturated heterocycles. The van der Waals surface area contributed by atoms with Crippen molar-refractivity contribution in [2.24, 2.45) is 0 Å². The Morgan fingerprint density at radius 1 is 1.12 bits per heavy atom. The molecule has 1 atom stereocenters. The molecule has 26 heavy (non-hydrogen) atoms. The van der Waals surface area contributed by atoms with Crippen molar-refractivity contribution in [3.05, 3.63) is 54.4 Å². The largest absolute Gasteiger partial charge is 0.334 e. The summed E-state index contributed by atoms with van der Waals surface area (Å²) in [6.07, 6.45) is 5.98.